The summed E-state index contributed by atoms with van der Waals surface area (Å²) in [6.07, 6.45) is -0.288. The van der Waals surface area contributed by atoms with E-state index in [1.165, 1.54) is 31.0 Å². The fourth-order valence-electron chi connectivity index (χ4n) is 3.35. The van der Waals surface area contributed by atoms with Crippen molar-refractivity contribution in [2.75, 3.05) is 19.4 Å². The van der Waals surface area contributed by atoms with E-state index in [1.807, 2.05) is 0 Å². The number of hydrogen-bond acceptors (Lipinski definition) is 8. The molecule has 1 saturated heterocycles. The summed E-state index contributed by atoms with van der Waals surface area (Å²) in [6.45, 7) is 5.67. The lowest BCUT2D eigenvalue weighted by atomic mass is 10.1. The van der Waals surface area contributed by atoms with Gasteiger partial charge in [-0.15, -0.1) is 11.8 Å². The van der Waals surface area contributed by atoms with Crippen LogP contribution in [0.1, 0.15) is 37.3 Å². The molecule has 2 N–H and O–H groups in total. The zero-order valence-electron chi connectivity index (χ0n) is 19.4. The normalized spacial score (nSPS) is 16.4. The van der Waals surface area contributed by atoms with Crippen molar-refractivity contribution in [3.8, 4) is 11.5 Å². The standard InChI is InChI=1S/C23H28N2O7S2/c1-23(2,3)32-22(27)31-18-10-7-16(13-19(18)30-4)21-25(20(26)14-33-21)12-11-15-5-8-17(9-6-15)34(24,28)29/h5-10,13,21H,11-12,14H2,1-4H3,(H2,24,28,29). The Morgan fingerprint density at radius 3 is 2.41 bits per heavy atom. The minimum absolute atomic E-state index is 0.00389. The summed E-state index contributed by atoms with van der Waals surface area (Å²) in [5.41, 5.74) is 1.02. The number of benzene rings is 2. The number of methoxy groups -OCH3 is 1. The van der Waals surface area contributed by atoms with Gasteiger partial charge in [0.2, 0.25) is 15.9 Å². The van der Waals surface area contributed by atoms with Crippen molar-refractivity contribution in [3.63, 3.8) is 0 Å². The maximum atomic E-state index is 12.6. The van der Waals surface area contributed by atoms with E-state index >= 15 is 0 Å². The second-order valence-electron chi connectivity index (χ2n) is 8.67. The molecule has 9 nitrogen and oxygen atoms in total. The van der Waals surface area contributed by atoms with Crippen LogP contribution < -0.4 is 14.6 Å². The molecule has 1 aliphatic heterocycles. The number of carbonyl (C=O) groups is 2. The Labute approximate surface area is 203 Å². The molecule has 2 aromatic carbocycles. The maximum absolute atomic E-state index is 12.6. The quantitative estimate of drug-likeness (QED) is 0.445. The van der Waals surface area contributed by atoms with Gasteiger partial charge < -0.3 is 19.1 Å². The average molecular weight is 509 g/mol. The van der Waals surface area contributed by atoms with Gasteiger partial charge in [-0.05, 0) is 62.6 Å². The molecule has 1 unspecified atom stereocenters. The van der Waals surface area contributed by atoms with E-state index in [2.05, 4.69) is 0 Å². The monoisotopic (exact) mass is 508 g/mol. The molecule has 0 spiro atoms. The number of rotatable bonds is 7. The van der Waals surface area contributed by atoms with Gasteiger partial charge in [0.15, 0.2) is 11.5 Å². The molecule has 3 rings (SSSR count). The van der Waals surface area contributed by atoms with Crippen molar-refractivity contribution >= 4 is 33.8 Å². The van der Waals surface area contributed by atoms with Gasteiger partial charge in [-0.25, -0.2) is 18.4 Å². The van der Waals surface area contributed by atoms with E-state index in [1.54, 1.807) is 56.0 Å². The lowest BCUT2D eigenvalue weighted by molar-refractivity contribution is -0.128. The third kappa shape index (κ3) is 6.64. The number of carbonyl (C=O) groups excluding carboxylic acids is 2. The number of hydrogen-bond donors (Lipinski definition) is 1. The van der Waals surface area contributed by atoms with Crippen molar-refractivity contribution in [2.45, 2.75) is 43.1 Å². The SMILES string of the molecule is COc1cc(C2SCC(=O)N2CCc2ccc(S(N)(=O)=O)cc2)ccc1OC(=O)OC(C)(C)C. The average Bonchev–Trinajstić information content (AvgIpc) is 3.11. The van der Waals surface area contributed by atoms with Gasteiger partial charge in [0, 0.05) is 6.54 Å². The molecular formula is C23H28N2O7S2. The molecule has 1 fully saturated rings. The van der Waals surface area contributed by atoms with E-state index in [9.17, 15) is 18.0 Å². The fourth-order valence-corrected chi connectivity index (χ4v) is 5.07. The van der Waals surface area contributed by atoms with Gasteiger partial charge >= 0.3 is 6.16 Å². The van der Waals surface area contributed by atoms with Crippen molar-refractivity contribution < 1.29 is 32.2 Å². The predicted octanol–water partition coefficient (Wildman–Crippen LogP) is 3.47. The minimum atomic E-state index is -3.75. The van der Waals surface area contributed by atoms with Gasteiger partial charge in [-0.1, -0.05) is 18.2 Å². The Hall–Kier alpha value is -2.76. The Kier molecular flexibility index (Phi) is 7.79. The first-order chi connectivity index (χ1) is 15.9. The summed E-state index contributed by atoms with van der Waals surface area (Å²) in [4.78, 5) is 26.4. The number of amides is 1. The van der Waals surface area contributed by atoms with Crippen LogP contribution >= 0.6 is 11.8 Å². The second kappa shape index (κ2) is 10.2. The Morgan fingerprint density at radius 2 is 1.82 bits per heavy atom. The van der Waals surface area contributed by atoms with Gasteiger partial charge in [0.1, 0.15) is 11.0 Å². The number of sulfonamides is 1. The van der Waals surface area contributed by atoms with Crippen LogP contribution in [0.15, 0.2) is 47.4 Å². The highest BCUT2D eigenvalue weighted by Crippen LogP contribution is 2.41. The van der Waals surface area contributed by atoms with Crippen LogP contribution in [-0.4, -0.2) is 50.4 Å². The number of primary sulfonamides is 1. The number of nitrogens with two attached hydrogens (primary N) is 1. The molecule has 1 atom stereocenters. The third-order valence-electron chi connectivity index (χ3n) is 4.92. The van der Waals surface area contributed by atoms with Crippen LogP contribution in [0, 0.1) is 0 Å². The highest BCUT2D eigenvalue weighted by Gasteiger charge is 2.33. The fraction of sp³-hybridized carbons (Fsp3) is 0.391. The molecule has 0 saturated carbocycles. The van der Waals surface area contributed by atoms with Crippen LogP contribution in [0.5, 0.6) is 11.5 Å². The molecular weight excluding hydrogens is 480 g/mol. The van der Waals surface area contributed by atoms with E-state index < -0.39 is 21.8 Å². The van der Waals surface area contributed by atoms with Crippen LogP contribution in [-0.2, 0) is 26.0 Å². The van der Waals surface area contributed by atoms with Gasteiger partial charge in [0.05, 0.1) is 17.8 Å². The third-order valence-corrected chi connectivity index (χ3v) is 7.10. The van der Waals surface area contributed by atoms with E-state index in [0.717, 1.165) is 11.1 Å². The number of nitrogens with zero attached hydrogens (tertiary/aromatic N) is 1. The molecule has 0 aromatic heterocycles. The van der Waals surface area contributed by atoms with Gasteiger partial charge in [0.25, 0.3) is 0 Å². The van der Waals surface area contributed by atoms with Gasteiger partial charge in [-0.3, -0.25) is 4.79 Å². The first-order valence-corrected chi connectivity index (χ1v) is 13.1. The molecule has 0 aliphatic carbocycles. The minimum Gasteiger partial charge on any atom is -0.493 e. The van der Waals surface area contributed by atoms with Crippen molar-refractivity contribution in [1.29, 1.82) is 0 Å². The molecule has 0 bridgehead atoms. The zero-order chi connectivity index (χ0) is 25.1. The summed E-state index contributed by atoms with van der Waals surface area (Å²) < 4.78 is 38.7. The van der Waals surface area contributed by atoms with Crippen LogP contribution in [0.2, 0.25) is 0 Å². The van der Waals surface area contributed by atoms with E-state index in [0.29, 0.717) is 24.5 Å². The predicted molar refractivity (Wildman–Crippen MR) is 128 cm³/mol. The molecule has 34 heavy (non-hydrogen) atoms. The lowest BCUT2D eigenvalue weighted by Crippen LogP contribution is -2.30. The van der Waals surface area contributed by atoms with Crippen LogP contribution in [0.4, 0.5) is 4.79 Å². The highest BCUT2D eigenvalue weighted by atomic mass is 32.2. The van der Waals surface area contributed by atoms with Crippen molar-refractivity contribution in [3.05, 3.63) is 53.6 Å². The van der Waals surface area contributed by atoms with Crippen molar-refractivity contribution in [1.82, 2.24) is 4.90 Å². The summed E-state index contributed by atoms with van der Waals surface area (Å²) in [7, 11) is -2.28. The zero-order valence-corrected chi connectivity index (χ0v) is 21.1. The summed E-state index contributed by atoms with van der Waals surface area (Å²) in [5, 5.41) is 4.91. The molecule has 2 aromatic rings. The molecule has 1 aliphatic rings. The van der Waals surface area contributed by atoms with Crippen LogP contribution in [0.3, 0.4) is 0 Å². The first kappa shape index (κ1) is 25.9. The lowest BCUT2D eigenvalue weighted by Gasteiger charge is -2.25. The number of thioether (sulfide) groups is 1. The molecule has 0 radical (unpaired) electrons. The molecule has 1 amide bonds. The van der Waals surface area contributed by atoms with E-state index in [4.69, 9.17) is 19.3 Å². The summed E-state index contributed by atoms with van der Waals surface area (Å²) in [5.74, 6) is 0.912. The molecule has 184 valence electrons. The largest absolute Gasteiger partial charge is 0.514 e. The smallest absolute Gasteiger partial charge is 0.493 e. The molecule has 1 heterocycles. The van der Waals surface area contributed by atoms with E-state index in [-0.39, 0.29) is 21.9 Å². The summed E-state index contributed by atoms with van der Waals surface area (Å²) >= 11 is 1.49. The Balaban J connectivity index is 1.72. The Bertz CT molecular complexity index is 1160. The highest BCUT2D eigenvalue weighted by molar-refractivity contribution is 8.00. The Morgan fingerprint density at radius 1 is 1.15 bits per heavy atom. The maximum Gasteiger partial charge on any atom is 0.514 e. The van der Waals surface area contributed by atoms with Crippen LogP contribution in [0.25, 0.3) is 0 Å². The number of ether oxygens (including phenoxy) is 3. The topological polar surface area (TPSA) is 125 Å². The summed E-state index contributed by atoms with van der Waals surface area (Å²) in [6, 6.07) is 11.4. The molecule has 11 heteroatoms. The second-order valence-corrected chi connectivity index (χ2v) is 11.3. The first-order valence-electron chi connectivity index (χ1n) is 10.5. The van der Waals surface area contributed by atoms with Crippen molar-refractivity contribution in [2.24, 2.45) is 5.14 Å². The van der Waals surface area contributed by atoms with Gasteiger partial charge in [-0.2, -0.15) is 0 Å².